The second-order valence-corrected chi connectivity index (χ2v) is 13.0. The van der Waals surface area contributed by atoms with E-state index in [4.69, 9.17) is 13.9 Å². The number of halogens is 2. The van der Waals surface area contributed by atoms with E-state index in [1.54, 1.807) is 67.0 Å². The summed E-state index contributed by atoms with van der Waals surface area (Å²) in [5, 5.41) is 0.537. The van der Waals surface area contributed by atoms with Crippen molar-refractivity contribution in [2.24, 2.45) is 5.41 Å². The lowest BCUT2D eigenvalue weighted by atomic mass is 9.90. The van der Waals surface area contributed by atoms with Gasteiger partial charge in [-0.3, -0.25) is 24.3 Å². The van der Waals surface area contributed by atoms with E-state index in [0.717, 1.165) is 29.8 Å². The molecule has 0 radical (unpaired) electrons. The fourth-order valence-electron chi connectivity index (χ4n) is 6.36. The fraction of sp³-hybridized carbons (Fsp3) is 0.333. The number of ether oxygens (including phenoxy) is 2. The summed E-state index contributed by atoms with van der Waals surface area (Å²) in [7, 11) is 3.32. The first-order valence-corrected chi connectivity index (χ1v) is 16.9. The number of pyridine rings is 2. The van der Waals surface area contributed by atoms with Gasteiger partial charge in [-0.15, -0.1) is 24.8 Å². The molecule has 0 aliphatic carbocycles. The van der Waals surface area contributed by atoms with Crippen molar-refractivity contribution < 1.29 is 23.5 Å². The molecule has 0 unspecified atom stereocenters. The van der Waals surface area contributed by atoms with Crippen molar-refractivity contribution in [1.29, 1.82) is 0 Å². The number of benzene rings is 2. The number of aromatic nitrogens is 2. The monoisotopic (exact) mass is 749 g/mol. The molecule has 13 heteroatoms. The summed E-state index contributed by atoms with van der Waals surface area (Å²) in [5.41, 5.74) is 2.61. The van der Waals surface area contributed by atoms with Crippen LogP contribution < -0.4 is 24.8 Å². The number of hydrogen-bond acceptors (Lipinski definition) is 8. The summed E-state index contributed by atoms with van der Waals surface area (Å²) < 4.78 is 19.2. The van der Waals surface area contributed by atoms with E-state index in [2.05, 4.69) is 9.88 Å². The van der Waals surface area contributed by atoms with Crippen LogP contribution >= 0.6 is 24.8 Å². The van der Waals surface area contributed by atoms with Gasteiger partial charge in [0.25, 0.3) is 5.56 Å². The number of carbonyl (C=O) groups is 2. The molecule has 0 atom stereocenters. The van der Waals surface area contributed by atoms with Crippen LogP contribution in [0.1, 0.15) is 32.8 Å². The maximum Gasteiger partial charge on any atom is 0.261 e. The molecule has 0 fully saturated rings. The van der Waals surface area contributed by atoms with Crippen molar-refractivity contribution >= 4 is 59.0 Å². The minimum absolute atomic E-state index is 0. The molecule has 2 amide bonds. The Morgan fingerprint density at radius 1 is 0.865 bits per heavy atom. The van der Waals surface area contributed by atoms with E-state index in [1.165, 1.54) is 0 Å². The van der Waals surface area contributed by atoms with E-state index in [1.807, 2.05) is 67.6 Å². The molecular weight excluding hydrogens is 705 g/mol. The SMILES string of the molecule is CCN1C(=O)C(C)(C)C(=O)N(C)c2cc(OCCCN(CCn3ccc4oc(-c5ccc(OC)cc5)cc4c3=O)Cc3ccncc3)ccc21.Cl.Cl. The number of carbonyl (C=O) groups excluding carboxylic acids is 2. The molecule has 0 saturated heterocycles. The molecule has 0 bridgehead atoms. The maximum atomic E-state index is 13.5. The lowest BCUT2D eigenvalue weighted by Crippen LogP contribution is -2.47. The zero-order valence-corrected chi connectivity index (χ0v) is 31.7. The molecule has 0 spiro atoms. The number of nitrogens with zero attached hydrogens (tertiary/aromatic N) is 5. The van der Waals surface area contributed by atoms with Gasteiger partial charge in [0.15, 0.2) is 0 Å². The molecule has 5 aromatic rings. The molecular formula is C39H45Cl2N5O6. The summed E-state index contributed by atoms with van der Waals surface area (Å²) in [6, 6.07) is 20.7. The highest BCUT2D eigenvalue weighted by atomic mass is 35.5. The minimum Gasteiger partial charge on any atom is -0.497 e. The second kappa shape index (κ2) is 17.1. The van der Waals surface area contributed by atoms with Crippen LogP contribution in [0.5, 0.6) is 11.5 Å². The number of amides is 2. The number of fused-ring (bicyclic) bond motifs is 2. The largest absolute Gasteiger partial charge is 0.497 e. The topological polar surface area (TPSA) is 110 Å². The van der Waals surface area contributed by atoms with Gasteiger partial charge in [-0.2, -0.15) is 0 Å². The summed E-state index contributed by atoms with van der Waals surface area (Å²) >= 11 is 0. The van der Waals surface area contributed by atoms with Gasteiger partial charge < -0.3 is 28.3 Å². The third-order valence-corrected chi connectivity index (χ3v) is 9.27. The van der Waals surface area contributed by atoms with Crippen molar-refractivity contribution in [3.63, 3.8) is 0 Å². The number of rotatable bonds is 13. The van der Waals surface area contributed by atoms with Gasteiger partial charge in [0, 0.05) is 70.0 Å². The Balaban J connectivity index is 0.00000302. The summed E-state index contributed by atoms with van der Waals surface area (Å²) in [6.07, 6.45) is 6.07. The van der Waals surface area contributed by atoms with Crippen LogP contribution in [0.4, 0.5) is 11.4 Å². The highest BCUT2D eigenvalue weighted by Crippen LogP contribution is 2.40. The van der Waals surface area contributed by atoms with Crippen molar-refractivity contribution in [3.8, 4) is 22.8 Å². The summed E-state index contributed by atoms with van der Waals surface area (Å²) in [5.74, 6) is 1.53. The first-order valence-electron chi connectivity index (χ1n) is 16.9. The molecule has 4 heterocycles. The maximum absolute atomic E-state index is 13.5. The minimum atomic E-state index is -1.17. The lowest BCUT2D eigenvalue weighted by molar-refractivity contribution is -0.137. The first kappa shape index (κ1) is 39.9. The quantitative estimate of drug-likeness (QED) is 0.0952. The van der Waals surface area contributed by atoms with Gasteiger partial charge >= 0.3 is 0 Å². The third-order valence-electron chi connectivity index (χ3n) is 9.27. The number of methoxy groups -OCH3 is 1. The molecule has 3 aromatic heterocycles. The van der Waals surface area contributed by atoms with Crippen LogP contribution in [-0.4, -0.2) is 66.7 Å². The standard InChI is InChI=1S/C39H43N5O6.2ClH/c1-6-44-32-13-12-30(24-33(32)41(4)37(46)39(2,3)38(44)47)49-23-7-19-42(26-27-14-17-40-18-15-27)21-22-43-20-16-34-31(36(43)45)25-35(50-34)28-8-10-29(48-5)11-9-28;;/h8-18,20,24-25H,6-7,19,21-23,26H2,1-5H3;2*1H. The predicted molar refractivity (Wildman–Crippen MR) is 208 cm³/mol. The van der Waals surface area contributed by atoms with Crippen LogP contribution in [0.2, 0.25) is 0 Å². The van der Waals surface area contributed by atoms with E-state index in [9.17, 15) is 14.4 Å². The molecule has 276 valence electrons. The third kappa shape index (κ3) is 8.28. The zero-order chi connectivity index (χ0) is 35.4. The normalized spacial score (nSPS) is 13.7. The zero-order valence-electron chi connectivity index (χ0n) is 30.0. The number of anilines is 2. The van der Waals surface area contributed by atoms with Gasteiger partial charge in [-0.05, 0) is 93.4 Å². The van der Waals surface area contributed by atoms with E-state index in [-0.39, 0.29) is 42.2 Å². The molecule has 52 heavy (non-hydrogen) atoms. The highest BCUT2D eigenvalue weighted by Gasteiger charge is 2.45. The highest BCUT2D eigenvalue weighted by molar-refractivity contribution is 6.20. The van der Waals surface area contributed by atoms with Gasteiger partial charge in [0.1, 0.15) is 28.3 Å². The Bertz CT molecular complexity index is 2050. The van der Waals surface area contributed by atoms with Crippen molar-refractivity contribution in [1.82, 2.24) is 14.5 Å². The van der Waals surface area contributed by atoms with Gasteiger partial charge in [-0.25, -0.2) is 0 Å². The second-order valence-electron chi connectivity index (χ2n) is 13.0. The molecule has 2 aromatic carbocycles. The van der Waals surface area contributed by atoms with Gasteiger partial charge in [-0.1, -0.05) is 0 Å². The molecule has 0 N–H and O–H groups in total. The van der Waals surface area contributed by atoms with Crippen LogP contribution in [0.15, 0.2) is 94.5 Å². The fourth-order valence-corrected chi connectivity index (χ4v) is 6.36. The molecule has 1 aliphatic rings. The van der Waals surface area contributed by atoms with Crippen molar-refractivity contribution in [2.45, 2.75) is 40.3 Å². The molecule has 1 aliphatic heterocycles. The first-order chi connectivity index (χ1) is 24.1. The van der Waals surface area contributed by atoms with E-state index < -0.39 is 5.41 Å². The average Bonchev–Trinajstić information content (AvgIpc) is 3.57. The molecule has 6 rings (SSSR count). The Hall–Kier alpha value is -4.84. The Morgan fingerprint density at radius 3 is 2.27 bits per heavy atom. The summed E-state index contributed by atoms with van der Waals surface area (Å²) in [4.78, 5) is 49.6. The Labute approximate surface area is 315 Å². The van der Waals surface area contributed by atoms with Crippen LogP contribution in [-0.2, 0) is 22.7 Å². The van der Waals surface area contributed by atoms with Crippen molar-refractivity contribution in [2.75, 3.05) is 50.2 Å². The average molecular weight is 751 g/mol. The molecule has 0 saturated carbocycles. The van der Waals surface area contributed by atoms with E-state index >= 15 is 0 Å². The smallest absolute Gasteiger partial charge is 0.261 e. The Morgan fingerprint density at radius 2 is 1.58 bits per heavy atom. The van der Waals surface area contributed by atoms with E-state index in [0.29, 0.717) is 66.6 Å². The van der Waals surface area contributed by atoms with Crippen molar-refractivity contribution in [3.05, 3.63) is 101 Å². The molecule has 11 nitrogen and oxygen atoms in total. The number of hydrogen-bond donors (Lipinski definition) is 0. The predicted octanol–water partition coefficient (Wildman–Crippen LogP) is 6.84. The Kier molecular flexibility index (Phi) is 13.1. The number of furan rings is 1. The van der Waals surface area contributed by atoms with Gasteiger partial charge in [0.05, 0.1) is 30.5 Å². The van der Waals surface area contributed by atoms with Crippen LogP contribution in [0.3, 0.4) is 0 Å². The van der Waals surface area contributed by atoms with Crippen LogP contribution in [0, 0.1) is 5.41 Å². The summed E-state index contributed by atoms with van der Waals surface area (Å²) in [6.45, 7) is 8.70. The van der Waals surface area contributed by atoms with Gasteiger partial charge in [0.2, 0.25) is 11.8 Å². The van der Waals surface area contributed by atoms with Crippen LogP contribution in [0.25, 0.3) is 22.3 Å². The lowest BCUT2D eigenvalue weighted by Gasteiger charge is -2.27.